The SMILES string of the molecule is CCn1cc(Nc2ncc(C(N)=O)c(NCCc3ccccc3OC)n2)cn1. The van der Waals surface area contributed by atoms with E-state index < -0.39 is 5.91 Å². The van der Waals surface area contributed by atoms with E-state index in [1.165, 1.54) is 6.20 Å². The Morgan fingerprint density at radius 2 is 2.11 bits per heavy atom. The number of aromatic nitrogens is 4. The molecule has 0 saturated carbocycles. The maximum atomic E-state index is 11.7. The van der Waals surface area contributed by atoms with Gasteiger partial charge < -0.3 is 21.1 Å². The van der Waals surface area contributed by atoms with Crippen LogP contribution in [0.2, 0.25) is 0 Å². The number of ether oxygens (including phenoxy) is 1. The summed E-state index contributed by atoms with van der Waals surface area (Å²) in [6.45, 7) is 3.31. The van der Waals surface area contributed by atoms with Crippen molar-refractivity contribution in [3.05, 3.63) is 54.0 Å². The van der Waals surface area contributed by atoms with Crippen LogP contribution in [0.4, 0.5) is 17.5 Å². The van der Waals surface area contributed by atoms with Crippen LogP contribution < -0.4 is 21.1 Å². The molecule has 2 heterocycles. The number of nitrogens with two attached hydrogens (primary N) is 1. The largest absolute Gasteiger partial charge is 0.496 e. The van der Waals surface area contributed by atoms with E-state index in [0.29, 0.717) is 24.7 Å². The lowest BCUT2D eigenvalue weighted by molar-refractivity contribution is 0.100. The zero-order valence-electron chi connectivity index (χ0n) is 15.8. The maximum absolute atomic E-state index is 11.7. The second kappa shape index (κ2) is 8.85. The zero-order chi connectivity index (χ0) is 19.9. The van der Waals surface area contributed by atoms with Gasteiger partial charge >= 0.3 is 0 Å². The molecule has 3 aromatic rings. The summed E-state index contributed by atoms with van der Waals surface area (Å²) in [6.07, 6.45) is 5.63. The Hall–Kier alpha value is -3.62. The molecule has 0 unspecified atom stereocenters. The summed E-state index contributed by atoms with van der Waals surface area (Å²) in [5, 5.41) is 10.4. The van der Waals surface area contributed by atoms with Gasteiger partial charge in [-0.25, -0.2) is 4.98 Å². The van der Waals surface area contributed by atoms with Gasteiger partial charge in [0.25, 0.3) is 5.91 Å². The standard InChI is InChI=1S/C19H23N7O2/c1-3-26-12-14(10-23-26)24-19-22-11-15(17(20)27)18(25-19)21-9-8-13-6-4-5-7-16(13)28-2/h4-7,10-12H,3,8-9H2,1-2H3,(H2,20,27)(H2,21,22,24,25). The van der Waals surface area contributed by atoms with Crippen LogP contribution in [-0.2, 0) is 13.0 Å². The van der Waals surface area contributed by atoms with Crippen molar-refractivity contribution in [2.45, 2.75) is 19.9 Å². The molecule has 0 radical (unpaired) electrons. The van der Waals surface area contributed by atoms with Gasteiger partial charge in [-0.05, 0) is 25.0 Å². The highest BCUT2D eigenvalue weighted by molar-refractivity contribution is 5.97. The van der Waals surface area contributed by atoms with E-state index in [4.69, 9.17) is 10.5 Å². The number of rotatable bonds is 9. The number of primary amides is 1. The van der Waals surface area contributed by atoms with E-state index in [9.17, 15) is 4.79 Å². The number of amides is 1. The molecule has 2 aromatic heterocycles. The number of aryl methyl sites for hydroxylation is 1. The summed E-state index contributed by atoms with van der Waals surface area (Å²) in [5.74, 6) is 0.950. The zero-order valence-corrected chi connectivity index (χ0v) is 15.8. The molecule has 0 aliphatic carbocycles. The molecule has 4 N–H and O–H groups in total. The van der Waals surface area contributed by atoms with E-state index in [1.807, 2.05) is 37.4 Å². The summed E-state index contributed by atoms with van der Waals surface area (Å²) in [6, 6.07) is 7.78. The lowest BCUT2D eigenvalue weighted by Crippen LogP contribution is -2.18. The lowest BCUT2D eigenvalue weighted by Gasteiger charge is -2.12. The number of anilines is 3. The van der Waals surface area contributed by atoms with Crippen molar-refractivity contribution in [2.75, 3.05) is 24.3 Å². The lowest BCUT2D eigenvalue weighted by atomic mass is 10.1. The van der Waals surface area contributed by atoms with E-state index in [1.54, 1.807) is 18.0 Å². The van der Waals surface area contributed by atoms with E-state index in [2.05, 4.69) is 25.7 Å². The minimum Gasteiger partial charge on any atom is -0.496 e. The number of nitrogens with one attached hydrogen (secondary N) is 2. The first-order chi connectivity index (χ1) is 13.6. The minimum atomic E-state index is -0.592. The second-order valence-electron chi connectivity index (χ2n) is 6.02. The highest BCUT2D eigenvalue weighted by Crippen LogP contribution is 2.20. The first-order valence-electron chi connectivity index (χ1n) is 8.92. The maximum Gasteiger partial charge on any atom is 0.254 e. The number of methoxy groups -OCH3 is 1. The average molecular weight is 381 g/mol. The van der Waals surface area contributed by atoms with Gasteiger partial charge in [-0.2, -0.15) is 10.1 Å². The van der Waals surface area contributed by atoms with E-state index >= 15 is 0 Å². The van der Waals surface area contributed by atoms with Gasteiger partial charge in [0.1, 0.15) is 11.6 Å². The van der Waals surface area contributed by atoms with E-state index in [0.717, 1.165) is 23.5 Å². The molecule has 1 amide bonds. The minimum absolute atomic E-state index is 0.231. The highest BCUT2D eigenvalue weighted by Gasteiger charge is 2.13. The number of hydrogen-bond acceptors (Lipinski definition) is 7. The summed E-state index contributed by atoms with van der Waals surface area (Å²) in [7, 11) is 1.64. The van der Waals surface area contributed by atoms with Gasteiger partial charge in [0, 0.05) is 25.5 Å². The van der Waals surface area contributed by atoms with Crippen LogP contribution >= 0.6 is 0 Å². The Bertz CT molecular complexity index is 955. The van der Waals surface area contributed by atoms with E-state index in [-0.39, 0.29) is 5.56 Å². The predicted molar refractivity (Wildman–Crippen MR) is 107 cm³/mol. The Labute approximate surface area is 162 Å². The fourth-order valence-corrected chi connectivity index (χ4v) is 2.71. The molecule has 146 valence electrons. The first kappa shape index (κ1) is 19.2. The van der Waals surface area contributed by atoms with Crippen LogP contribution in [0.3, 0.4) is 0 Å². The van der Waals surface area contributed by atoms with Crippen molar-refractivity contribution in [3.63, 3.8) is 0 Å². The third-order valence-electron chi connectivity index (χ3n) is 4.15. The van der Waals surface area contributed by atoms with Crippen LogP contribution in [0.25, 0.3) is 0 Å². The third kappa shape index (κ3) is 4.56. The monoisotopic (exact) mass is 381 g/mol. The summed E-state index contributed by atoms with van der Waals surface area (Å²) in [5.41, 5.74) is 7.50. The van der Waals surface area contributed by atoms with Gasteiger partial charge in [-0.3, -0.25) is 9.48 Å². The summed E-state index contributed by atoms with van der Waals surface area (Å²) < 4.78 is 7.15. The Morgan fingerprint density at radius 1 is 1.29 bits per heavy atom. The van der Waals surface area contributed by atoms with Gasteiger partial charge in [-0.1, -0.05) is 18.2 Å². The topological polar surface area (TPSA) is 120 Å². The molecule has 0 fully saturated rings. The van der Waals surface area contributed by atoms with Crippen LogP contribution in [0.15, 0.2) is 42.9 Å². The molecule has 0 spiro atoms. The van der Waals surface area contributed by atoms with Crippen molar-refractivity contribution in [1.29, 1.82) is 0 Å². The first-order valence-corrected chi connectivity index (χ1v) is 8.92. The molecule has 1 aromatic carbocycles. The number of nitrogens with zero attached hydrogens (tertiary/aromatic N) is 4. The number of carbonyl (C=O) groups is 1. The smallest absolute Gasteiger partial charge is 0.254 e. The molecular formula is C19H23N7O2. The fourth-order valence-electron chi connectivity index (χ4n) is 2.71. The second-order valence-corrected chi connectivity index (χ2v) is 6.02. The number of hydrogen-bond donors (Lipinski definition) is 3. The Morgan fingerprint density at radius 3 is 2.82 bits per heavy atom. The van der Waals surface area contributed by atoms with Crippen molar-refractivity contribution in [2.24, 2.45) is 5.73 Å². The van der Waals surface area contributed by atoms with Gasteiger partial charge in [0.05, 0.1) is 24.6 Å². The van der Waals surface area contributed by atoms with Gasteiger partial charge in [-0.15, -0.1) is 0 Å². The third-order valence-corrected chi connectivity index (χ3v) is 4.15. The molecule has 9 heteroatoms. The fraction of sp³-hybridized carbons (Fsp3) is 0.263. The average Bonchev–Trinajstić information content (AvgIpc) is 3.16. The summed E-state index contributed by atoms with van der Waals surface area (Å²) in [4.78, 5) is 20.3. The van der Waals surface area contributed by atoms with Crippen LogP contribution in [0.5, 0.6) is 5.75 Å². The van der Waals surface area contributed by atoms with Crippen LogP contribution in [0.1, 0.15) is 22.8 Å². The molecule has 0 atom stereocenters. The normalized spacial score (nSPS) is 10.5. The molecule has 0 bridgehead atoms. The Kier molecular flexibility index (Phi) is 6.05. The van der Waals surface area contributed by atoms with Gasteiger partial charge in [0.15, 0.2) is 0 Å². The van der Waals surface area contributed by atoms with Crippen LogP contribution in [-0.4, -0.2) is 39.3 Å². The molecule has 0 aliphatic rings. The molecular weight excluding hydrogens is 358 g/mol. The molecule has 9 nitrogen and oxygen atoms in total. The number of carbonyl (C=O) groups excluding carboxylic acids is 1. The molecule has 28 heavy (non-hydrogen) atoms. The van der Waals surface area contributed by atoms with Crippen molar-refractivity contribution in [1.82, 2.24) is 19.7 Å². The van der Waals surface area contributed by atoms with Crippen LogP contribution in [0, 0.1) is 0 Å². The van der Waals surface area contributed by atoms with Crippen molar-refractivity contribution in [3.8, 4) is 5.75 Å². The Balaban J connectivity index is 1.73. The summed E-state index contributed by atoms with van der Waals surface area (Å²) >= 11 is 0. The molecule has 0 aliphatic heterocycles. The number of para-hydroxylation sites is 1. The van der Waals surface area contributed by atoms with Crippen molar-refractivity contribution >= 4 is 23.4 Å². The molecule has 0 saturated heterocycles. The predicted octanol–water partition coefficient (Wildman–Crippen LogP) is 2.20. The quantitative estimate of drug-likeness (QED) is 0.520. The van der Waals surface area contributed by atoms with Crippen molar-refractivity contribution < 1.29 is 9.53 Å². The number of benzene rings is 1. The van der Waals surface area contributed by atoms with Gasteiger partial charge in [0.2, 0.25) is 5.95 Å². The molecule has 3 rings (SSSR count). The highest BCUT2D eigenvalue weighted by atomic mass is 16.5.